The van der Waals surface area contributed by atoms with Crippen LogP contribution < -0.4 is 11.1 Å². The number of amides is 2. The van der Waals surface area contributed by atoms with Crippen LogP contribution in [0.15, 0.2) is 29.7 Å². The van der Waals surface area contributed by atoms with E-state index in [2.05, 4.69) is 5.32 Å². The molecule has 1 fully saturated rings. The average Bonchev–Trinajstić information content (AvgIpc) is 2.72. The van der Waals surface area contributed by atoms with Gasteiger partial charge >= 0.3 is 7.12 Å². The van der Waals surface area contributed by atoms with Gasteiger partial charge in [0.25, 0.3) is 0 Å². The molecule has 0 bridgehead atoms. The van der Waals surface area contributed by atoms with Crippen LogP contribution in [0.5, 0.6) is 0 Å². The average molecular weight is 344 g/mol. The van der Waals surface area contributed by atoms with E-state index in [4.69, 9.17) is 15.0 Å². The molecule has 0 atom stereocenters. The maximum atomic E-state index is 11.3. The van der Waals surface area contributed by atoms with Gasteiger partial charge in [0.1, 0.15) is 0 Å². The van der Waals surface area contributed by atoms with Crippen LogP contribution in [0.25, 0.3) is 6.08 Å². The first-order chi connectivity index (χ1) is 11.5. The van der Waals surface area contributed by atoms with Crippen LogP contribution in [-0.2, 0) is 14.1 Å². The molecule has 134 valence electrons. The minimum atomic E-state index is -0.562. The van der Waals surface area contributed by atoms with Crippen molar-refractivity contribution in [2.75, 3.05) is 6.54 Å². The summed E-state index contributed by atoms with van der Waals surface area (Å²) in [6.07, 6.45) is 1.89. The summed E-state index contributed by atoms with van der Waals surface area (Å²) in [6, 6.07) is 6.90. The summed E-state index contributed by atoms with van der Waals surface area (Å²) in [7, 11) is -0.562. The highest BCUT2D eigenvalue weighted by molar-refractivity contribution is 6.56. The smallest absolute Gasteiger partial charge is 0.400 e. The van der Waals surface area contributed by atoms with Crippen LogP contribution in [0, 0.1) is 0 Å². The summed E-state index contributed by atoms with van der Waals surface area (Å²) in [5.41, 5.74) is 6.42. The normalized spacial score (nSPS) is 18.9. The molecule has 1 saturated heterocycles. The zero-order valence-electron chi connectivity index (χ0n) is 15.4. The summed E-state index contributed by atoms with van der Waals surface area (Å²) in [5, 5.41) is 2.79. The van der Waals surface area contributed by atoms with Crippen molar-refractivity contribution in [1.82, 2.24) is 5.32 Å². The van der Waals surface area contributed by atoms with Crippen LogP contribution in [0.3, 0.4) is 0 Å². The fourth-order valence-corrected chi connectivity index (χ4v) is 2.38. The molecule has 1 aliphatic heterocycles. The molecule has 1 heterocycles. The summed E-state index contributed by atoms with van der Waals surface area (Å²) in [6.45, 7) is 9.68. The monoisotopic (exact) mass is 344 g/mol. The molecule has 0 aromatic heterocycles. The summed E-state index contributed by atoms with van der Waals surface area (Å²) in [4.78, 5) is 22.5. The fourth-order valence-electron chi connectivity index (χ4n) is 2.38. The molecule has 0 radical (unpaired) electrons. The van der Waals surface area contributed by atoms with E-state index in [0.29, 0.717) is 12.1 Å². The third kappa shape index (κ3) is 4.49. The SMILES string of the molecule is CC(=O)NCC(=Cc1ccc(C(N)=O)cc1)B1OC(C)(C)C(C)(C)O1. The highest BCUT2D eigenvalue weighted by Gasteiger charge is 2.52. The second-order valence-corrected chi connectivity index (χ2v) is 7.20. The number of benzene rings is 1. The van der Waals surface area contributed by atoms with Crippen molar-refractivity contribution in [3.05, 3.63) is 40.9 Å². The Labute approximate surface area is 148 Å². The Morgan fingerprint density at radius 2 is 1.64 bits per heavy atom. The second kappa shape index (κ2) is 7.02. The van der Waals surface area contributed by atoms with E-state index in [0.717, 1.165) is 11.0 Å². The van der Waals surface area contributed by atoms with E-state index in [1.807, 2.05) is 33.8 Å². The quantitative estimate of drug-likeness (QED) is 0.799. The van der Waals surface area contributed by atoms with E-state index in [1.54, 1.807) is 24.3 Å². The first kappa shape index (κ1) is 19.2. The van der Waals surface area contributed by atoms with Gasteiger partial charge in [0.05, 0.1) is 11.2 Å². The van der Waals surface area contributed by atoms with Crippen molar-refractivity contribution in [1.29, 1.82) is 0 Å². The molecule has 0 aliphatic carbocycles. The van der Waals surface area contributed by atoms with Gasteiger partial charge in [-0.1, -0.05) is 18.2 Å². The Bertz CT molecular complexity index is 680. The molecule has 1 aliphatic rings. The number of hydrogen-bond acceptors (Lipinski definition) is 4. The zero-order chi connectivity index (χ0) is 18.8. The van der Waals surface area contributed by atoms with Gasteiger partial charge in [0.2, 0.25) is 11.8 Å². The Kier molecular flexibility index (Phi) is 5.39. The lowest BCUT2D eigenvalue weighted by Crippen LogP contribution is -2.41. The lowest BCUT2D eigenvalue weighted by Gasteiger charge is -2.32. The number of primary amides is 1. The van der Waals surface area contributed by atoms with Crippen molar-refractivity contribution in [2.45, 2.75) is 45.8 Å². The molecule has 7 heteroatoms. The Balaban J connectivity index is 2.29. The van der Waals surface area contributed by atoms with Crippen LogP contribution in [0.4, 0.5) is 0 Å². The first-order valence-electron chi connectivity index (χ1n) is 8.22. The lowest BCUT2D eigenvalue weighted by molar-refractivity contribution is -0.118. The van der Waals surface area contributed by atoms with E-state index in [1.165, 1.54) is 6.92 Å². The second-order valence-electron chi connectivity index (χ2n) is 7.20. The largest absolute Gasteiger partial charge is 0.492 e. The molecular formula is C18H25BN2O4. The van der Waals surface area contributed by atoms with Crippen LogP contribution in [0.1, 0.15) is 50.5 Å². The van der Waals surface area contributed by atoms with Gasteiger partial charge in [-0.25, -0.2) is 0 Å². The summed E-state index contributed by atoms with van der Waals surface area (Å²) >= 11 is 0. The maximum absolute atomic E-state index is 11.3. The highest BCUT2D eigenvalue weighted by atomic mass is 16.7. The van der Waals surface area contributed by atoms with Gasteiger partial charge < -0.3 is 20.4 Å². The van der Waals surface area contributed by atoms with Crippen molar-refractivity contribution in [3.63, 3.8) is 0 Å². The third-order valence-electron chi connectivity index (χ3n) is 4.64. The Morgan fingerprint density at radius 1 is 1.12 bits per heavy atom. The first-order valence-corrected chi connectivity index (χ1v) is 8.22. The molecule has 0 unspecified atom stereocenters. The van der Waals surface area contributed by atoms with E-state index < -0.39 is 24.2 Å². The molecule has 1 aromatic carbocycles. The Morgan fingerprint density at radius 3 is 2.08 bits per heavy atom. The molecule has 3 N–H and O–H groups in total. The van der Waals surface area contributed by atoms with E-state index in [9.17, 15) is 9.59 Å². The molecule has 6 nitrogen and oxygen atoms in total. The van der Waals surface area contributed by atoms with Crippen molar-refractivity contribution in [2.24, 2.45) is 5.73 Å². The molecule has 2 rings (SSSR count). The Hall–Kier alpha value is -2.12. The standard InChI is InChI=1S/C18H25BN2O4/c1-12(22)21-11-15(19-24-17(2,3)18(4,5)25-19)10-13-6-8-14(9-7-13)16(20)23/h6-10H,11H2,1-5H3,(H2,20,23)(H,21,22). The molecule has 1 aromatic rings. The summed E-state index contributed by atoms with van der Waals surface area (Å²) in [5.74, 6) is -0.605. The number of carbonyl (C=O) groups excluding carboxylic acids is 2. The summed E-state index contributed by atoms with van der Waals surface area (Å²) < 4.78 is 12.2. The lowest BCUT2D eigenvalue weighted by atomic mass is 9.77. The van der Waals surface area contributed by atoms with E-state index >= 15 is 0 Å². The van der Waals surface area contributed by atoms with E-state index in [-0.39, 0.29) is 5.91 Å². The predicted octanol–water partition coefficient (Wildman–Crippen LogP) is 1.94. The van der Waals surface area contributed by atoms with Crippen molar-refractivity contribution >= 4 is 25.0 Å². The molecule has 0 spiro atoms. The predicted molar refractivity (Wildman–Crippen MR) is 97.7 cm³/mol. The minimum absolute atomic E-state index is 0.133. The number of carbonyl (C=O) groups is 2. The molecule has 0 saturated carbocycles. The van der Waals surface area contributed by atoms with Crippen molar-refractivity contribution in [3.8, 4) is 0 Å². The van der Waals surface area contributed by atoms with Gasteiger partial charge in [0.15, 0.2) is 0 Å². The topological polar surface area (TPSA) is 90.7 Å². The number of nitrogens with one attached hydrogen (secondary N) is 1. The molecule has 2 amide bonds. The van der Waals surface area contributed by atoms with Crippen LogP contribution in [-0.4, -0.2) is 36.7 Å². The van der Waals surface area contributed by atoms with Gasteiger partial charge in [0, 0.05) is 19.0 Å². The van der Waals surface area contributed by atoms with Gasteiger partial charge in [-0.15, -0.1) is 0 Å². The minimum Gasteiger partial charge on any atom is -0.400 e. The van der Waals surface area contributed by atoms with Crippen LogP contribution >= 0.6 is 0 Å². The molecular weight excluding hydrogens is 319 g/mol. The van der Waals surface area contributed by atoms with Gasteiger partial charge in [-0.2, -0.15) is 0 Å². The molecule has 25 heavy (non-hydrogen) atoms. The van der Waals surface area contributed by atoms with Crippen LogP contribution in [0.2, 0.25) is 0 Å². The highest BCUT2D eigenvalue weighted by Crippen LogP contribution is 2.38. The maximum Gasteiger partial charge on any atom is 0.492 e. The fraction of sp³-hybridized carbons (Fsp3) is 0.444. The van der Waals surface area contributed by atoms with Gasteiger partial charge in [-0.05, 0) is 50.9 Å². The number of hydrogen-bond donors (Lipinski definition) is 2. The zero-order valence-corrected chi connectivity index (χ0v) is 15.4. The number of nitrogens with two attached hydrogens (primary N) is 1. The third-order valence-corrected chi connectivity index (χ3v) is 4.64. The number of rotatable bonds is 5. The van der Waals surface area contributed by atoms with Gasteiger partial charge in [-0.3, -0.25) is 9.59 Å². The van der Waals surface area contributed by atoms with Crippen molar-refractivity contribution < 1.29 is 18.9 Å².